The number of benzene rings is 2. The molecular formula is C23H28N4O3S. The Labute approximate surface area is 183 Å². The molecule has 0 saturated carbocycles. The summed E-state index contributed by atoms with van der Waals surface area (Å²) in [7, 11) is -3.63. The Morgan fingerprint density at radius 2 is 1.77 bits per heavy atom. The zero-order chi connectivity index (χ0) is 21.7. The average Bonchev–Trinajstić information content (AvgIpc) is 3.22. The van der Waals surface area contributed by atoms with Crippen LogP contribution >= 0.6 is 0 Å². The fraction of sp³-hybridized carbons (Fsp3) is 0.348. The maximum Gasteiger partial charge on any atom is 0.243 e. The van der Waals surface area contributed by atoms with E-state index in [-0.39, 0.29) is 23.8 Å². The minimum Gasteiger partial charge on any atom is -0.361 e. The summed E-state index contributed by atoms with van der Waals surface area (Å²) in [5.74, 6) is -0.121. The highest BCUT2D eigenvalue weighted by Crippen LogP contribution is 2.18. The first-order valence-electron chi connectivity index (χ1n) is 10.6. The largest absolute Gasteiger partial charge is 0.361 e. The van der Waals surface area contributed by atoms with E-state index in [0.717, 1.165) is 25.2 Å². The van der Waals surface area contributed by atoms with Crippen molar-refractivity contribution in [2.24, 2.45) is 0 Å². The van der Waals surface area contributed by atoms with Gasteiger partial charge in [0.25, 0.3) is 0 Å². The zero-order valence-corrected chi connectivity index (χ0v) is 18.3. The lowest BCUT2D eigenvalue weighted by Crippen LogP contribution is -2.36. The molecule has 0 aliphatic carbocycles. The molecule has 1 saturated heterocycles. The van der Waals surface area contributed by atoms with E-state index in [1.165, 1.54) is 15.3 Å². The monoisotopic (exact) mass is 440 g/mol. The summed E-state index contributed by atoms with van der Waals surface area (Å²) in [5, 5.41) is 4.10. The molecule has 31 heavy (non-hydrogen) atoms. The van der Waals surface area contributed by atoms with Crippen molar-refractivity contribution >= 4 is 26.8 Å². The number of sulfonamides is 1. The Bertz CT molecular complexity index is 1130. The molecule has 1 aromatic heterocycles. The van der Waals surface area contributed by atoms with Crippen LogP contribution in [0.15, 0.2) is 65.7 Å². The van der Waals surface area contributed by atoms with Gasteiger partial charge in [0.15, 0.2) is 0 Å². The second kappa shape index (κ2) is 9.64. The van der Waals surface area contributed by atoms with Crippen molar-refractivity contribution in [3.63, 3.8) is 0 Å². The van der Waals surface area contributed by atoms with E-state index in [9.17, 15) is 13.2 Å². The molecule has 0 unspecified atom stereocenters. The first-order valence-corrected chi connectivity index (χ1v) is 12.1. The summed E-state index contributed by atoms with van der Waals surface area (Å²) in [6.07, 6.45) is 2.79. The number of carbonyl (C=O) groups is 1. The van der Waals surface area contributed by atoms with Gasteiger partial charge in [-0.2, -0.15) is 4.31 Å². The van der Waals surface area contributed by atoms with Crippen molar-refractivity contribution < 1.29 is 13.2 Å². The Morgan fingerprint density at radius 3 is 2.61 bits per heavy atom. The van der Waals surface area contributed by atoms with Gasteiger partial charge in [-0.1, -0.05) is 24.3 Å². The average molecular weight is 441 g/mol. The lowest BCUT2D eigenvalue weighted by Gasteiger charge is -2.24. The van der Waals surface area contributed by atoms with Gasteiger partial charge in [0.1, 0.15) is 0 Å². The normalized spacial score (nSPS) is 17.9. The fourth-order valence-corrected chi connectivity index (χ4v) is 5.46. The number of hydrogen-bond acceptors (Lipinski definition) is 4. The van der Waals surface area contributed by atoms with Crippen LogP contribution in [0.5, 0.6) is 0 Å². The smallest absolute Gasteiger partial charge is 0.243 e. The molecule has 1 amide bonds. The number of carbonyl (C=O) groups excluding carboxylic acids is 1. The maximum absolute atomic E-state index is 13.1. The minimum atomic E-state index is -3.63. The van der Waals surface area contributed by atoms with Crippen molar-refractivity contribution in [1.82, 2.24) is 19.5 Å². The van der Waals surface area contributed by atoms with Crippen LogP contribution in [-0.4, -0.2) is 61.2 Å². The highest BCUT2D eigenvalue weighted by Gasteiger charge is 2.25. The Balaban J connectivity index is 1.47. The number of nitrogens with one attached hydrogen (secondary N) is 2. The molecule has 8 heteroatoms. The van der Waals surface area contributed by atoms with Crippen LogP contribution in [0.1, 0.15) is 18.4 Å². The predicted octanol–water partition coefficient (Wildman–Crippen LogP) is 2.57. The van der Waals surface area contributed by atoms with Crippen LogP contribution < -0.4 is 5.32 Å². The molecule has 4 rings (SSSR count). The number of amides is 1. The predicted molar refractivity (Wildman–Crippen MR) is 121 cm³/mol. The standard InChI is InChI=1S/C23H28N4O3S/c28-23-10-15-27(31(29,30)21-5-2-1-3-6-21)14-4-13-26(16-12-25-23)18-19-7-8-22-20(17-19)9-11-24-22/h1-3,5-9,11,17,24H,4,10,12-16,18H2,(H,25,28). The van der Waals surface area contributed by atoms with E-state index in [4.69, 9.17) is 0 Å². The highest BCUT2D eigenvalue weighted by molar-refractivity contribution is 7.89. The summed E-state index contributed by atoms with van der Waals surface area (Å²) in [4.78, 5) is 18.0. The van der Waals surface area contributed by atoms with Gasteiger partial charge in [0.05, 0.1) is 4.90 Å². The van der Waals surface area contributed by atoms with Crippen molar-refractivity contribution in [3.05, 3.63) is 66.4 Å². The number of nitrogens with zero attached hydrogens (tertiary/aromatic N) is 2. The van der Waals surface area contributed by atoms with Crippen LogP contribution in [-0.2, 0) is 21.4 Å². The van der Waals surface area contributed by atoms with Crippen LogP contribution in [0.4, 0.5) is 0 Å². The third-order valence-electron chi connectivity index (χ3n) is 5.63. The van der Waals surface area contributed by atoms with E-state index in [0.29, 0.717) is 19.5 Å². The zero-order valence-electron chi connectivity index (χ0n) is 17.5. The molecule has 0 atom stereocenters. The fourth-order valence-electron chi connectivity index (χ4n) is 3.96. The molecule has 1 aliphatic rings. The first kappa shape index (κ1) is 21.5. The van der Waals surface area contributed by atoms with Crippen LogP contribution in [0.25, 0.3) is 10.9 Å². The number of rotatable bonds is 4. The lowest BCUT2D eigenvalue weighted by molar-refractivity contribution is -0.121. The highest BCUT2D eigenvalue weighted by atomic mass is 32.2. The van der Waals surface area contributed by atoms with Crippen LogP contribution in [0.2, 0.25) is 0 Å². The van der Waals surface area contributed by atoms with Gasteiger partial charge in [-0.15, -0.1) is 0 Å². The third kappa shape index (κ3) is 5.33. The van der Waals surface area contributed by atoms with Gasteiger partial charge < -0.3 is 10.3 Å². The first-order chi connectivity index (χ1) is 15.0. The van der Waals surface area contributed by atoms with Gasteiger partial charge in [-0.25, -0.2) is 8.42 Å². The number of aromatic nitrogens is 1. The summed E-state index contributed by atoms with van der Waals surface area (Å²) in [5.41, 5.74) is 2.30. The molecule has 2 heterocycles. The third-order valence-corrected chi connectivity index (χ3v) is 7.54. The van der Waals surface area contributed by atoms with Gasteiger partial charge in [0, 0.05) is 50.9 Å². The number of fused-ring (bicyclic) bond motifs is 1. The Morgan fingerprint density at radius 1 is 0.935 bits per heavy atom. The molecule has 1 fully saturated rings. The molecule has 0 bridgehead atoms. The van der Waals surface area contributed by atoms with Gasteiger partial charge in [-0.3, -0.25) is 9.69 Å². The van der Waals surface area contributed by atoms with E-state index in [2.05, 4.69) is 39.5 Å². The Kier molecular flexibility index (Phi) is 6.70. The molecule has 7 nitrogen and oxygen atoms in total. The van der Waals surface area contributed by atoms with E-state index < -0.39 is 10.0 Å². The second-order valence-electron chi connectivity index (χ2n) is 7.85. The molecule has 164 valence electrons. The molecule has 2 aromatic carbocycles. The molecule has 0 spiro atoms. The van der Waals surface area contributed by atoms with Crippen LogP contribution in [0, 0.1) is 0 Å². The van der Waals surface area contributed by atoms with Crippen molar-refractivity contribution in [2.45, 2.75) is 24.3 Å². The SMILES string of the molecule is O=C1CCN(S(=O)(=O)c2ccccc2)CCCN(Cc2ccc3[nH]ccc3c2)CCN1. The maximum atomic E-state index is 13.1. The van der Waals surface area contributed by atoms with Crippen LogP contribution in [0.3, 0.4) is 0 Å². The quantitative estimate of drug-likeness (QED) is 0.653. The second-order valence-corrected chi connectivity index (χ2v) is 9.78. The summed E-state index contributed by atoms with van der Waals surface area (Å²) in [6.45, 7) is 3.36. The molecule has 2 N–H and O–H groups in total. The molecule has 0 radical (unpaired) electrons. The summed E-state index contributed by atoms with van der Waals surface area (Å²) < 4.78 is 27.6. The summed E-state index contributed by atoms with van der Waals surface area (Å²) >= 11 is 0. The molecular weight excluding hydrogens is 412 g/mol. The van der Waals surface area contributed by atoms with Gasteiger partial charge >= 0.3 is 0 Å². The minimum absolute atomic E-state index is 0.121. The van der Waals surface area contributed by atoms with E-state index >= 15 is 0 Å². The lowest BCUT2D eigenvalue weighted by atomic mass is 10.1. The number of hydrogen-bond donors (Lipinski definition) is 2. The van der Waals surface area contributed by atoms with Crippen molar-refractivity contribution in [2.75, 3.05) is 32.7 Å². The number of aromatic amines is 1. The van der Waals surface area contributed by atoms with Gasteiger partial charge in [0.2, 0.25) is 15.9 Å². The Hall–Kier alpha value is -2.68. The summed E-state index contributed by atoms with van der Waals surface area (Å²) in [6, 6.07) is 16.8. The number of H-pyrrole nitrogens is 1. The topological polar surface area (TPSA) is 85.5 Å². The van der Waals surface area contributed by atoms with E-state index in [1.807, 2.05) is 6.20 Å². The van der Waals surface area contributed by atoms with Crippen molar-refractivity contribution in [1.29, 1.82) is 0 Å². The molecule has 1 aliphatic heterocycles. The van der Waals surface area contributed by atoms with Crippen molar-refractivity contribution in [3.8, 4) is 0 Å². The molecule has 3 aromatic rings. The van der Waals surface area contributed by atoms with Gasteiger partial charge in [-0.05, 0) is 54.2 Å². The van der Waals surface area contributed by atoms with E-state index in [1.54, 1.807) is 30.3 Å².